The number of likely N-dealkylation sites (N-methyl/N-ethyl adjacent to an activating group) is 1. The van der Waals surface area contributed by atoms with Crippen LogP contribution in [0.5, 0.6) is 0 Å². The Balaban J connectivity index is 3.12. The van der Waals surface area contributed by atoms with Crippen LogP contribution in [0.1, 0.15) is 5.56 Å². The van der Waals surface area contributed by atoms with Crippen molar-refractivity contribution < 1.29 is 5.11 Å². The third-order valence-corrected chi connectivity index (χ3v) is 2.53. The van der Waals surface area contributed by atoms with E-state index < -0.39 is 0 Å². The third kappa shape index (κ3) is 3.06. The van der Waals surface area contributed by atoms with Gasteiger partial charge < -0.3 is 15.7 Å². The van der Waals surface area contributed by atoms with Gasteiger partial charge in [-0.3, -0.25) is 0 Å². The molecule has 82 valence electrons. The number of rotatable bonds is 4. The summed E-state index contributed by atoms with van der Waals surface area (Å²) in [6.07, 6.45) is 0. The molecule has 0 spiro atoms. The molecule has 0 saturated heterocycles. The van der Waals surface area contributed by atoms with E-state index in [1.165, 1.54) is 0 Å². The van der Waals surface area contributed by atoms with Crippen LogP contribution in [0.25, 0.3) is 0 Å². The molecule has 1 aromatic rings. The van der Waals surface area contributed by atoms with Crippen LogP contribution in [0.2, 0.25) is 5.02 Å². The zero-order chi connectivity index (χ0) is 11.4. The summed E-state index contributed by atoms with van der Waals surface area (Å²) in [7, 11) is 1.85. The average molecular weight is 245 g/mol. The first kappa shape index (κ1) is 12.2. The van der Waals surface area contributed by atoms with E-state index >= 15 is 0 Å². The van der Waals surface area contributed by atoms with Gasteiger partial charge in [-0.1, -0.05) is 23.8 Å². The Hall–Kier alpha value is -0.840. The number of nitrogens with zero attached hydrogens (tertiary/aromatic N) is 1. The van der Waals surface area contributed by atoms with Gasteiger partial charge in [0, 0.05) is 29.9 Å². The summed E-state index contributed by atoms with van der Waals surface area (Å²) >= 11 is 10.8. The molecule has 15 heavy (non-hydrogen) atoms. The van der Waals surface area contributed by atoms with Gasteiger partial charge in [-0.15, -0.1) is 0 Å². The Kier molecular flexibility index (Phi) is 4.32. The minimum atomic E-state index is 0.0692. The molecule has 3 N–H and O–H groups in total. The van der Waals surface area contributed by atoms with Crippen molar-refractivity contribution in [3.05, 3.63) is 28.8 Å². The quantitative estimate of drug-likeness (QED) is 0.787. The van der Waals surface area contributed by atoms with E-state index in [0.29, 0.717) is 16.6 Å². The molecule has 0 aromatic heterocycles. The van der Waals surface area contributed by atoms with Crippen LogP contribution in [0, 0.1) is 0 Å². The van der Waals surface area contributed by atoms with E-state index in [0.717, 1.165) is 11.3 Å². The summed E-state index contributed by atoms with van der Waals surface area (Å²) in [4.78, 5) is 2.19. The third-order valence-electron chi connectivity index (χ3n) is 2.07. The molecule has 0 atom stereocenters. The van der Waals surface area contributed by atoms with E-state index in [4.69, 9.17) is 34.7 Å². The minimum Gasteiger partial charge on any atom is -0.395 e. The van der Waals surface area contributed by atoms with Crippen molar-refractivity contribution in [2.24, 2.45) is 5.73 Å². The highest BCUT2D eigenvalue weighted by Crippen LogP contribution is 2.23. The molecule has 0 radical (unpaired) electrons. The van der Waals surface area contributed by atoms with Gasteiger partial charge in [0.2, 0.25) is 0 Å². The van der Waals surface area contributed by atoms with E-state index in [1.54, 1.807) is 18.2 Å². The first-order valence-corrected chi connectivity index (χ1v) is 5.26. The van der Waals surface area contributed by atoms with Gasteiger partial charge in [0.1, 0.15) is 4.99 Å². The van der Waals surface area contributed by atoms with Crippen molar-refractivity contribution in [2.75, 3.05) is 25.1 Å². The molecule has 5 heteroatoms. The molecular formula is C10H13ClN2OS. The van der Waals surface area contributed by atoms with Crippen molar-refractivity contribution in [1.82, 2.24) is 0 Å². The van der Waals surface area contributed by atoms with Crippen LogP contribution in [-0.2, 0) is 0 Å². The van der Waals surface area contributed by atoms with Crippen LogP contribution in [0.15, 0.2) is 18.2 Å². The van der Waals surface area contributed by atoms with Gasteiger partial charge in [-0.05, 0) is 18.2 Å². The molecule has 0 aliphatic heterocycles. The average Bonchev–Trinajstić information content (AvgIpc) is 2.17. The summed E-state index contributed by atoms with van der Waals surface area (Å²) in [6, 6.07) is 5.31. The Labute approximate surface area is 99.4 Å². The number of nitrogens with two attached hydrogens (primary N) is 1. The van der Waals surface area contributed by atoms with Crippen LogP contribution in [-0.4, -0.2) is 30.3 Å². The lowest BCUT2D eigenvalue weighted by Crippen LogP contribution is -2.24. The molecular weight excluding hydrogens is 232 g/mol. The van der Waals surface area contributed by atoms with Crippen LogP contribution < -0.4 is 10.6 Å². The zero-order valence-electron chi connectivity index (χ0n) is 8.40. The van der Waals surface area contributed by atoms with Crippen LogP contribution in [0.3, 0.4) is 0 Å². The molecule has 0 saturated carbocycles. The largest absolute Gasteiger partial charge is 0.395 e. The number of thiocarbonyl (C=S) groups is 1. The van der Waals surface area contributed by atoms with Gasteiger partial charge in [0.15, 0.2) is 0 Å². The van der Waals surface area contributed by atoms with Gasteiger partial charge in [-0.2, -0.15) is 0 Å². The maximum absolute atomic E-state index is 8.86. The highest BCUT2D eigenvalue weighted by atomic mass is 35.5. The second-order valence-electron chi connectivity index (χ2n) is 3.17. The molecule has 1 aromatic carbocycles. The molecule has 0 unspecified atom stereocenters. The highest BCUT2D eigenvalue weighted by molar-refractivity contribution is 7.80. The summed E-state index contributed by atoms with van der Waals surface area (Å²) < 4.78 is 0. The number of anilines is 1. The fraction of sp³-hybridized carbons (Fsp3) is 0.300. The number of aliphatic hydroxyl groups is 1. The van der Waals surface area contributed by atoms with E-state index in [1.807, 2.05) is 11.9 Å². The van der Waals surface area contributed by atoms with Crippen molar-refractivity contribution in [3.8, 4) is 0 Å². The topological polar surface area (TPSA) is 49.5 Å². The Morgan fingerprint density at radius 1 is 1.60 bits per heavy atom. The fourth-order valence-corrected chi connectivity index (χ4v) is 1.64. The predicted molar refractivity (Wildman–Crippen MR) is 67.7 cm³/mol. The van der Waals surface area contributed by atoms with Crippen molar-refractivity contribution in [1.29, 1.82) is 0 Å². The fourth-order valence-electron chi connectivity index (χ4n) is 1.30. The normalized spacial score (nSPS) is 10.1. The molecule has 0 amide bonds. The first-order chi connectivity index (χ1) is 7.06. The lowest BCUT2D eigenvalue weighted by Gasteiger charge is -2.21. The van der Waals surface area contributed by atoms with Gasteiger partial charge in [0.25, 0.3) is 0 Å². The van der Waals surface area contributed by atoms with Crippen molar-refractivity contribution >= 4 is 34.5 Å². The molecule has 0 aliphatic rings. The summed E-state index contributed by atoms with van der Waals surface area (Å²) in [6.45, 7) is 0.579. The van der Waals surface area contributed by atoms with Crippen molar-refractivity contribution in [3.63, 3.8) is 0 Å². The molecule has 0 aliphatic carbocycles. The molecule has 1 rings (SSSR count). The van der Waals surface area contributed by atoms with Gasteiger partial charge in [-0.25, -0.2) is 0 Å². The van der Waals surface area contributed by atoms with E-state index in [2.05, 4.69) is 0 Å². The van der Waals surface area contributed by atoms with Gasteiger partial charge >= 0.3 is 0 Å². The monoisotopic (exact) mass is 244 g/mol. The summed E-state index contributed by atoms with van der Waals surface area (Å²) in [5.41, 5.74) is 7.20. The highest BCUT2D eigenvalue weighted by Gasteiger charge is 2.09. The summed E-state index contributed by atoms with van der Waals surface area (Å²) in [5.74, 6) is 0. The first-order valence-electron chi connectivity index (χ1n) is 4.47. The lowest BCUT2D eigenvalue weighted by molar-refractivity contribution is 0.304. The number of aliphatic hydroxyl groups excluding tert-OH is 1. The standard InChI is InChI=1S/C10H13ClN2OS/c1-13(4-5-14)9-6-7(11)2-3-8(9)10(12)15/h2-3,6,14H,4-5H2,1H3,(H2,12,15). The Bertz CT molecular complexity index is 370. The van der Waals surface area contributed by atoms with Crippen LogP contribution >= 0.6 is 23.8 Å². The molecule has 0 bridgehead atoms. The van der Waals surface area contributed by atoms with Gasteiger partial charge in [0.05, 0.1) is 6.61 Å². The van der Waals surface area contributed by atoms with Crippen molar-refractivity contribution in [2.45, 2.75) is 0 Å². The zero-order valence-corrected chi connectivity index (χ0v) is 9.98. The number of hydrogen-bond acceptors (Lipinski definition) is 3. The molecule has 3 nitrogen and oxygen atoms in total. The SMILES string of the molecule is CN(CCO)c1cc(Cl)ccc1C(N)=S. The Morgan fingerprint density at radius 3 is 2.80 bits per heavy atom. The smallest absolute Gasteiger partial charge is 0.106 e. The number of hydrogen-bond donors (Lipinski definition) is 2. The number of benzene rings is 1. The minimum absolute atomic E-state index is 0.0692. The maximum atomic E-state index is 8.86. The number of halogens is 1. The molecule has 0 fully saturated rings. The second kappa shape index (κ2) is 5.30. The van der Waals surface area contributed by atoms with E-state index in [9.17, 15) is 0 Å². The predicted octanol–water partition coefficient (Wildman–Crippen LogP) is 1.40. The lowest BCUT2D eigenvalue weighted by atomic mass is 10.1. The van der Waals surface area contributed by atoms with E-state index in [-0.39, 0.29) is 6.61 Å². The summed E-state index contributed by atoms with van der Waals surface area (Å²) in [5, 5.41) is 9.48. The second-order valence-corrected chi connectivity index (χ2v) is 4.05. The molecule has 0 heterocycles. The van der Waals surface area contributed by atoms with Crippen LogP contribution in [0.4, 0.5) is 5.69 Å². The maximum Gasteiger partial charge on any atom is 0.106 e. The Morgan fingerprint density at radius 2 is 2.27 bits per heavy atom.